The Balaban J connectivity index is 1.77. The summed E-state index contributed by atoms with van der Waals surface area (Å²) in [5.74, 6) is -0.808. The Hall–Kier alpha value is -1.88. The van der Waals surface area contributed by atoms with Crippen LogP contribution in [0.25, 0.3) is 0 Å². The fourth-order valence-electron chi connectivity index (χ4n) is 2.83. The van der Waals surface area contributed by atoms with Gasteiger partial charge in [-0.3, -0.25) is 14.5 Å². The summed E-state index contributed by atoms with van der Waals surface area (Å²) in [7, 11) is 0. The lowest BCUT2D eigenvalue weighted by Crippen LogP contribution is -2.52. The average molecular weight is 274 g/mol. The van der Waals surface area contributed by atoms with E-state index in [2.05, 4.69) is 0 Å². The van der Waals surface area contributed by atoms with Gasteiger partial charge in [-0.15, -0.1) is 0 Å². The molecule has 0 aliphatic carbocycles. The number of hydrogen-bond donors (Lipinski definition) is 1. The Bertz CT molecular complexity index is 540. The van der Waals surface area contributed by atoms with Gasteiger partial charge in [0.15, 0.2) is 0 Å². The molecule has 1 aromatic carbocycles. The zero-order valence-electron chi connectivity index (χ0n) is 11.3. The van der Waals surface area contributed by atoms with E-state index in [-0.39, 0.29) is 12.5 Å². The number of carboxylic acids is 1. The highest BCUT2D eigenvalue weighted by atomic mass is 16.4. The molecule has 0 aromatic heterocycles. The van der Waals surface area contributed by atoms with Gasteiger partial charge in [0.1, 0.15) is 6.04 Å². The molecule has 20 heavy (non-hydrogen) atoms. The van der Waals surface area contributed by atoms with Gasteiger partial charge in [0.25, 0.3) is 0 Å². The van der Waals surface area contributed by atoms with Gasteiger partial charge < -0.3 is 10.0 Å². The summed E-state index contributed by atoms with van der Waals surface area (Å²) in [6, 6.07) is 7.26. The molecule has 0 saturated carbocycles. The molecule has 1 fully saturated rings. The summed E-state index contributed by atoms with van der Waals surface area (Å²) in [5, 5.41) is 9.39. The number of amides is 1. The second kappa shape index (κ2) is 5.25. The van der Waals surface area contributed by atoms with E-state index in [1.54, 1.807) is 9.80 Å². The Labute approximate surface area is 117 Å². The molecule has 0 bridgehead atoms. The lowest BCUT2D eigenvalue weighted by Gasteiger charge is -2.37. The second-order valence-corrected chi connectivity index (χ2v) is 5.47. The molecule has 0 spiro atoms. The van der Waals surface area contributed by atoms with Crippen molar-refractivity contribution in [3.63, 3.8) is 0 Å². The topological polar surface area (TPSA) is 60.9 Å². The number of aliphatic carboxylic acids is 1. The Morgan fingerprint density at radius 1 is 1.20 bits per heavy atom. The molecule has 106 valence electrons. The minimum atomic E-state index is -0.851. The quantitative estimate of drug-likeness (QED) is 0.882. The number of carboxylic acid groups (broad SMARTS) is 1. The van der Waals surface area contributed by atoms with Crippen molar-refractivity contribution in [2.24, 2.45) is 0 Å². The Morgan fingerprint density at radius 2 is 1.90 bits per heavy atom. The van der Waals surface area contributed by atoms with Crippen LogP contribution in [0.1, 0.15) is 17.5 Å². The molecule has 5 nitrogen and oxygen atoms in total. The first kappa shape index (κ1) is 13.1. The summed E-state index contributed by atoms with van der Waals surface area (Å²) in [4.78, 5) is 27.1. The number of hydrogen-bond acceptors (Lipinski definition) is 3. The van der Waals surface area contributed by atoms with Crippen LogP contribution in [0.3, 0.4) is 0 Å². The number of likely N-dealkylation sites (tertiary alicyclic amines) is 1. The van der Waals surface area contributed by atoms with Gasteiger partial charge in [0, 0.05) is 19.6 Å². The minimum absolute atomic E-state index is 0.0434. The van der Waals surface area contributed by atoms with Crippen molar-refractivity contribution < 1.29 is 14.7 Å². The average Bonchev–Trinajstić information content (AvgIpc) is 2.35. The first-order valence-corrected chi connectivity index (χ1v) is 6.96. The number of carbonyl (C=O) groups excluding carboxylic acids is 1. The molecule has 2 aliphatic rings. The molecule has 1 amide bonds. The van der Waals surface area contributed by atoms with Crippen LogP contribution in [0.4, 0.5) is 0 Å². The summed E-state index contributed by atoms with van der Waals surface area (Å²) in [6.07, 6.45) is 1.52. The smallest absolute Gasteiger partial charge is 0.321 e. The summed E-state index contributed by atoms with van der Waals surface area (Å²) in [6.45, 7) is 2.35. The molecule has 2 heterocycles. The molecule has 1 saturated heterocycles. The molecular formula is C15H18N2O3. The number of nitrogens with zero attached hydrogens (tertiary/aromatic N) is 2. The highest BCUT2D eigenvalue weighted by molar-refractivity contribution is 5.81. The highest BCUT2D eigenvalue weighted by Gasteiger charge is 2.33. The van der Waals surface area contributed by atoms with Crippen LogP contribution >= 0.6 is 0 Å². The molecule has 1 unspecified atom stereocenters. The zero-order valence-corrected chi connectivity index (χ0v) is 11.3. The molecule has 1 N–H and O–H groups in total. The fraction of sp³-hybridized carbons (Fsp3) is 0.467. The van der Waals surface area contributed by atoms with E-state index in [0.717, 1.165) is 30.6 Å². The molecular weight excluding hydrogens is 256 g/mol. The third-order valence-corrected chi connectivity index (χ3v) is 4.18. The van der Waals surface area contributed by atoms with E-state index in [4.69, 9.17) is 0 Å². The van der Waals surface area contributed by atoms with Gasteiger partial charge in [0.2, 0.25) is 5.91 Å². The van der Waals surface area contributed by atoms with Gasteiger partial charge in [0.05, 0.1) is 6.54 Å². The lowest BCUT2D eigenvalue weighted by atomic mass is 9.94. The SMILES string of the molecule is O=C(O)C1Cc2ccccc2CN1CC(=O)N1CCC1. The van der Waals surface area contributed by atoms with Crippen LogP contribution in [-0.2, 0) is 22.6 Å². The van der Waals surface area contributed by atoms with Crippen molar-refractivity contribution in [3.8, 4) is 0 Å². The summed E-state index contributed by atoms with van der Waals surface area (Å²) < 4.78 is 0. The first-order valence-electron chi connectivity index (χ1n) is 6.96. The number of rotatable bonds is 3. The van der Waals surface area contributed by atoms with Gasteiger partial charge in [-0.05, 0) is 24.0 Å². The minimum Gasteiger partial charge on any atom is -0.480 e. The second-order valence-electron chi connectivity index (χ2n) is 5.47. The van der Waals surface area contributed by atoms with Gasteiger partial charge in [-0.25, -0.2) is 0 Å². The Kier molecular flexibility index (Phi) is 3.44. The molecule has 3 rings (SSSR count). The summed E-state index contributed by atoms with van der Waals surface area (Å²) in [5.41, 5.74) is 2.20. The Morgan fingerprint density at radius 3 is 2.50 bits per heavy atom. The van der Waals surface area contributed by atoms with Crippen molar-refractivity contribution in [2.75, 3.05) is 19.6 Å². The number of carbonyl (C=O) groups is 2. The van der Waals surface area contributed by atoms with Crippen molar-refractivity contribution in [2.45, 2.75) is 25.4 Å². The molecule has 0 radical (unpaired) electrons. The van der Waals surface area contributed by atoms with Crippen molar-refractivity contribution in [3.05, 3.63) is 35.4 Å². The van der Waals surface area contributed by atoms with Crippen molar-refractivity contribution in [1.82, 2.24) is 9.80 Å². The molecule has 1 aromatic rings. The van der Waals surface area contributed by atoms with Crippen molar-refractivity contribution in [1.29, 1.82) is 0 Å². The van der Waals surface area contributed by atoms with Crippen LogP contribution in [0.5, 0.6) is 0 Å². The van der Waals surface area contributed by atoms with Crippen molar-refractivity contribution >= 4 is 11.9 Å². The highest BCUT2D eigenvalue weighted by Crippen LogP contribution is 2.23. The van der Waals surface area contributed by atoms with E-state index < -0.39 is 12.0 Å². The number of benzene rings is 1. The van der Waals surface area contributed by atoms with Gasteiger partial charge in [-0.2, -0.15) is 0 Å². The predicted molar refractivity (Wildman–Crippen MR) is 73.2 cm³/mol. The van der Waals surface area contributed by atoms with E-state index in [1.807, 2.05) is 24.3 Å². The van der Waals surface area contributed by atoms with Crippen LogP contribution < -0.4 is 0 Å². The fourth-order valence-corrected chi connectivity index (χ4v) is 2.83. The van der Waals surface area contributed by atoms with Gasteiger partial charge >= 0.3 is 5.97 Å². The van der Waals surface area contributed by atoms with E-state index in [1.165, 1.54) is 0 Å². The maximum Gasteiger partial charge on any atom is 0.321 e. The summed E-state index contributed by atoms with van der Waals surface area (Å²) >= 11 is 0. The molecule has 1 atom stereocenters. The first-order chi connectivity index (χ1) is 9.65. The van der Waals surface area contributed by atoms with Crippen LogP contribution in [0.2, 0.25) is 0 Å². The van der Waals surface area contributed by atoms with E-state index in [9.17, 15) is 14.7 Å². The zero-order chi connectivity index (χ0) is 14.1. The predicted octanol–water partition coefficient (Wildman–Crippen LogP) is 0.730. The van der Waals surface area contributed by atoms with Crippen LogP contribution in [0, 0.1) is 0 Å². The monoisotopic (exact) mass is 274 g/mol. The standard InChI is InChI=1S/C15H18N2O3/c18-14(16-6-3-7-16)10-17-9-12-5-2-1-4-11(12)8-13(17)15(19)20/h1-2,4-5,13H,3,6-10H2,(H,19,20). The molecule has 2 aliphatic heterocycles. The van der Waals surface area contributed by atoms with E-state index in [0.29, 0.717) is 13.0 Å². The van der Waals surface area contributed by atoms with E-state index >= 15 is 0 Å². The third kappa shape index (κ3) is 2.41. The third-order valence-electron chi connectivity index (χ3n) is 4.18. The lowest BCUT2D eigenvalue weighted by molar-refractivity contribution is -0.146. The normalized spacial score (nSPS) is 22.0. The number of fused-ring (bicyclic) bond motifs is 1. The maximum absolute atomic E-state index is 12.1. The van der Waals surface area contributed by atoms with Gasteiger partial charge in [-0.1, -0.05) is 24.3 Å². The largest absolute Gasteiger partial charge is 0.480 e. The molecule has 5 heteroatoms. The van der Waals surface area contributed by atoms with Crippen LogP contribution in [0.15, 0.2) is 24.3 Å². The maximum atomic E-state index is 12.1. The van der Waals surface area contributed by atoms with Crippen LogP contribution in [-0.4, -0.2) is 52.5 Å².